The highest BCUT2D eigenvalue weighted by molar-refractivity contribution is 5.68. The highest BCUT2D eigenvalue weighted by Gasteiger charge is 2.19. The Labute approximate surface area is 162 Å². The molecule has 0 spiro atoms. The molecule has 0 unspecified atom stereocenters. The van der Waals surface area contributed by atoms with Gasteiger partial charge >= 0.3 is 11.9 Å². The Bertz CT molecular complexity index is 382. The lowest BCUT2D eigenvalue weighted by molar-refractivity contribution is -0.517. The molecule has 8 heteroatoms. The highest BCUT2D eigenvalue weighted by atomic mass is 17.5. The second-order valence-corrected chi connectivity index (χ2v) is 7.71. The summed E-state index contributed by atoms with van der Waals surface area (Å²) in [5.74, 6) is -0.921. The molecule has 0 radical (unpaired) electrons. The van der Waals surface area contributed by atoms with Gasteiger partial charge in [0.1, 0.15) is 11.2 Å². The van der Waals surface area contributed by atoms with E-state index in [-0.39, 0.29) is 12.8 Å². The van der Waals surface area contributed by atoms with Crippen LogP contribution in [-0.2, 0) is 39.2 Å². The Morgan fingerprint density at radius 3 is 1.30 bits per heavy atom. The summed E-state index contributed by atoms with van der Waals surface area (Å²) < 4.78 is 0. The molecule has 160 valence electrons. The molecule has 0 aliphatic carbocycles. The average molecular weight is 392 g/mol. The summed E-state index contributed by atoms with van der Waals surface area (Å²) in [6.45, 7) is 11.2. The Morgan fingerprint density at radius 1 is 0.630 bits per heavy atom. The molecule has 0 bridgehead atoms. The Balaban J connectivity index is 3.51. The lowest BCUT2D eigenvalue weighted by atomic mass is 10.1. The van der Waals surface area contributed by atoms with Crippen molar-refractivity contribution in [3.05, 3.63) is 0 Å². The van der Waals surface area contributed by atoms with Crippen molar-refractivity contribution in [1.29, 1.82) is 0 Å². The van der Waals surface area contributed by atoms with Crippen molar-refractivity contribution in [2.75, 3.05) is 0 Å². The zero-order valence-corrected chi connectivity index (χ0v) is 17.6. The summed E-state index contributed by atoms with van der Waals surface area (Å²) in [6, 6.07) is 0. The summed E-state index contributed by atoms with van der Waals surface area (Å²) in [7, 11) is 0. The zero-order valence-electron chi connectivity index (χ0n) is 17.6. The molecule has 0 aliphatic heterocycles. The minimum atomic E-state index is -0.495. The van der Waals surface area contributed by atoms with Gasteiger partial charge in [-0.2, -0.15) is 9.78 Å². The fraction of sp³-hybridized carbons (Fsp3) is 0.895. The minimum absolute atomic E-state index is 0.260. The molecule has 0 aliphatic rings. The molecular weight excluding hydrogens is 356 g/mol. The molecule has 0 fully saturated rings. The standard InChI is InChI=1S/C19H36O8/c1-7-18(3,4)24-26-22-16(20)14-12-10-9-11-13-15-17(21)23-27-25-19(5,6)8-2/h7-15H2,1-6H3. The van der Waals surface area contributed by atoms with Crippen LogP contribution in [0.3, 0.4) is 0 Å². The van der Waals surface area contributed by atoms with Gasteiger partial charge in [-0.25, -0.2) is 9.59 Å². The van der Waals surface area contributed by atoms with Crippen LogP contribution < -0.4 is 0 Å². The van der Waals surface area contributed by atoms with Crippen molar-refractivity contribution in [2.45, 2.75) is 111 Å². The summed E-state index contributed by atoms with van der Waals surface area (Å²) in [5.41, 5.74) is -0.990. The van der Waals surface area contributed by atoms with Gasteiger partial charge in [0.15, 0.2) is 0 Å². The molecule has 0 aromatic carbocycles. The van der Waals surface area contributed by atoms with E-state index in [1.54, 1.807) is 0 Å². The van der Waals surface area contributed by atoms with E-state index in [0.29, 0.717) is 12.8 Å². The predicted octanol–water partition coefficient (Wildman–Crippen LogP) is 4.91. The van der Waals surface area contributed by atoms with Gasteiger partial charge < -0.3 is 0 Å². The zero-order chi connectivity index (χ0) is 20.8. The summed E-state index contributed by atoms with van der Waals surface area (Å²) in [4.78, 5) is 42.0. The average Bonchev–Trinajstić information content (AvgIpc) is 2.60. The summed E-state index contributed by atoms with van der Waals surface area (Å²) in [6.07, 6.45) is 5.97. The third-order valence-electron chi connectivity index (χ3n) is 4.24. The number of hydrogen-bond acceptors (Lipinski definition) is 8. The van der Waals surface area contributed by atoms with Crippen molar-refractivity contribution in [2.24, 2.45) is 0 Å². The normalized spacial score (nSPS) is 12.1. The van der Waals surface area contributed by atoms with Crippen molar-refractivity contribution in [1.82, 2.24) is 0 Å². The van der Waals surface area contributed by atoms with Crippen LogP contribution in [0, 0.1) is 0 Å². The van der Waals surface area contributed by atoms with Crippen LogP contribution in [0.25, 0.3) is 0 Å². The fourth-order valence-corrected chi connectivity index (χ4v) is 1.56. The van der Waals surface area contributed by atoms with Gasteiger partial charge in [-0.05, 0) is 63.5 Å². The number of rotatable bonds is 16. The lowest BCUT2D eigenvalue weighted by Gasteiger charge is -2.19. The molecule has 0 aromatic heterocycles. The van der Waals surface area contributed by atoms with Crippen molar-refractivity contribution in [3.63, 3.8) is 0 Å². The van der Waals surface area contributed by atoms with Crippen LogP contribution in [0.2, 0.25) is 0 Å². The third kappa shape index (κ3) is 15.5. The van der Waals surface area contributed by atoms with E-state index in [1.165, 1.54) is 0 Å². The molecule has 0 atom stereocenters. The maximum atomic E-state index is 11.5. The molecule has 8 nitrogen and oxygen atoms in total. The van der Waals surface area contributed by atoms with Crippen LogP contribution in [0.4, 0.5) is 0 Å². The molecule has 0 rings (SSSR count). The fourth-order valence-electron chi connectivity index (χ4n) is 1.56. The van der Waals surface area contributed by atoms with E-state index in [9.17, 15) is 9.59 Å². The van der Waals surface area contributed by atoms with E-state index in [2.05, 4.69) is 19.9 Å². The quantitative estimate of drug-likeness (QED) is 0.208. The van der Waals surface area contributed by atoms with Gasteiger partial charge in [0.2, 0.25) is 0 Å². The van der Waals surface area contributed by atoms with Crippen LogP contribution in [0.1, 0.15) is 99.3 Å². The highest BCUT2D eigenvalue weighted by Crippen LogP contribution is 2.15. The van der Waals surface area contributed by atoms with Gasteiger partial charge in [0.25, 0.3) is 0 Å². The lowest BCUT2D eigenvalue weighted by Crippen LogP contribution is -2.24. The second kappa shape index (κ2) is 13.9. The molecule has 0 aromatic rings. The monoisotopic (exact) mass is 392 g/mol. The number of carbonyl (C=O) groups excluding carboxylic acids is 2. The Morgan fingerprint density at radius 2 is 0.963 bits per heavy atom. The first-order chi connectivity index (χ1) is 12.6. The number of carbonyl (C=O) groups is 2. The van der Waals surface area contributed by atoms with E-state index >= 15 is 0 Å². The van der Waals surface area contributed by atoms with Crippen molar-refractivity contribution >= 4 is 11.9 Å². The van der Waals surface area contributed by atoms with Crippen molar-refractivity contribution < 1.29 is 39.2 Å². The Hall–Kier alpha value is -1.22. The van der Waals surface area contributed by atoms with Crippen LogP contribution in [0.15, 0.2) is 0 Å². The molecule has 0 heterocycles. The van der Waals surface area contributed by atoms with E-state index < -0.39 is 23.1 Å². The first-order valence-electron chi connectivity index (χ1n) is 9.72. The van der Waals surface area contributed by atoms with Crippen LogP contribution in [-0.4, -0.2) is 23.1 Å². The largest absolute Gasteiger partial charge is 0.345 e. The predicted molar refractivity (Wildman–Crippen MR) is 97.6 cm³/mol. The van der Waals surface area contributed by atoms with Gasteiger partial charge in [-0.3, -0.25) is 9.78 Å². The summed E-state index contributed by atoms with van der Waals surface area (Å²) >= 11 is 0. The molecular formula is C19H36O8. The van der Waals surface area contributed by atoms with Crippen molar-refractivity contribution in [3.8, 4) is 0 Å². The molecule has 27 heavy (non-hydrogen) atoms. The van der Waals surface area contributed by atoms with E-state index in [4.69, 9.17) is 9.78 Å². The molecule has 0 amide bonds. The maximum absolute atomic E-state index is 11.5. The number of hydrogen-bond donors (Lipinski definition) is 0. The van der Waals surface area contributed by atoms with Crippen LogP contribution in [0.5, 0.6) is 0 Å². The van der Waals surface area contributed by atoms with E-state index in [1.807, 2.05) is 41.5 Å². The van der Waals surface area contributed by atoms with Crippen LogP contribution >= 0.6 is 0 Å². The first-order valence-corrected chi connectivity index (χ1v) is 9.72. The molecule has 0 saturated carbocycles. The molecule has 0 saturated heterocycles. The Kier molecular flexibility index (Phi) is 13.2. The minimum Gasteiger partial charge on any atom is -0.269 e. The third-order valence-corrected chi connectivity index (χ3v) is 4.24. The van der Waals surface area contributed by atoms with Gasteiger partial charge in [0.05, 0.1) is 0 Å². The number of unbranched alkanes of at least 4 members (excludes halogenated alkanes) is 4. The maximum Gasteiger partial charge on any atom is 0.345 e. The first kappa shape index (κ1) is 25.8. The van der Waals surface area contributed by atoms with Gasteiger partial charge in [-0.15, -0.1) is 0 Å². The van der Waals surface area contributed by atoms with Gasteiger partial charge in [-0.1, -0.05) is 33.1 Å². The summed E-state index contributed by atoms with van der Waals surface area (Å²) in [5, 5.41) is 9.02. The second-order valence-electron chi connectivity index (χ2n) is 7.71. The van der Waals surface area contributed by atoms with Gasteiger partial charge in [0, 0.05) is 12.8 Å². The topological polar surface area (TPSA) is 89.5 Å². The SMILES string of the molecule is CCC(C)(C)OOOC(=O)CCCCCCCC(=O)OOOC(C)(C)CC. The van der Waals surface area contributed by atoms with E-state index in [0.717, 1.165) is 32.1 Å². The molecule has 0 N–H and O–H groups in total. The smallest absolute Gasteiger partial charge is 0.269 e.